The number of aliphatic carboxylic acids is 1. The first-order chi connectivity index (χ1) is 9.90. The molecule has 1 aromatic rings. The fourth-order valence-electron chi connectivity index (χ4n) is 2.00. The summed E-state index contributed by atoms with van der Waals surface area (Å²) in [6.45, 7) is 3.68. The van der Waals surface area contributed by atoms with Crippen LogP contribution in [0.3, 0.4) is 0 Å². The summed E-state index contributed by atoms with van der Waals surface area (Å²) in [6, 6.07) is 1.28. The fraction of sp³-hybridized carbons (Fsp3) is 0.571. The normalized spacial score (nSPS) is 13.7. The summed E-state index contributed by atoms with van der Waals surface area (Å²) >= 11 is 1.31. The number of aryl methyl sites for hydroxylation is 1. The van der Waals surface area contributed by atoms with Crippen molar-refractivity contribution in [3.05, 3.63) is 27.8 Å². The van der Waals surface area contributed by atoms with Crippen LogP contribution in [0.1, 0.15) is 36.3 Å². The van der Waals surface area contributed by atoms with Crippen LogP contribution in [-0.4, -0.2) is 35.1 Å². The SMILES string of the molecule is CCCC(SCC(O)C(=O)O)c1c(OC)cc(=O)oc1C. The second-order valence-electron chi connectivity index (χ2n) is 4.57. The fourth-order valence-corrected chi connectivity index (χ4v) is 3.41. The zero-order chi connectivity index (χ0) is 16.0. The van der Waals surface area contributed by atoms with Gasteiger partial charge in [-0.2, -0.15) is 11.8 Å². The van der Waals surface area contributed by atoms with Gasteiger partial charge in [-0.25, -0.2) is 9.59 Å². The van der Waals surface area contributed by atoms with Crippen LogP contribution in [0.25, 0.3) is 0 Å². The van der Waals surface area contributed by atoms with Crippen LogP contribution in [0.5, 0.6) is 5.75 Å². The van der Waals surface area contributed by atoms with Crippen molar-refractivity contribution < 1.29 is 24.2 Å². The molecule has 1 rings (SSSR count). The summed E-state index contributed by atoms with van der Waals surface area (Å²) < 4.78 is 10.3. The number of ether oxygens (including phenoxy) is 1. The van der Waals surface area contributed by atoms with Crippen LogP contribution in [0.2, 0.25) is 0 Å². The van der Waals surface area contributed by atoms with Gasteiger partial charge in [0, 0.05) is 16.6 Å². The van der Waals surface area contributed by atoms with Crippen LogP contribution in [0.15, 0.2) is 15.3 Å². The van der Waals surface area contributed by atoms with Gasteiger partial charge >= 0.3 is 11.6 Å². The van der Waals surface area contributed by atoms with Gasteiger partial charge in [-0.15, -0.1) is 0 Å². The maximum atomic E-state index is 11.4. The number of carbonyl (C=O) groups is 1. The van der Waals surface area contributed by atoms with E-state index in [4.69, 9.17) is 14.3 Å². The number of carboxylic acids is 1. The zero-order valence-electron chi connectivity index (χ0n) is 12.3. The first-order valence-corrected chi connectivity index (χ1v) is 7.66. The number of hydrogen-bond donors (Lipinski definition) is 2. The molecule has 0 bridgehead atoms. The summed E-state index contributed by atoms with van der Waals surface area (Å²) in [5, 5.41) is 18.0. The number of aliphatic hydroxyl groups is 1. The molecule has 0 fully saturated rings. The van der Waals surface area contributed by atoms with Crippen LogP contribution in [-0.2, 0) is 4.79 Å². The van der Waals surface area contributed by atoms with Gasteiger partial charge in [-0.3, -0.25) is 0 Å². The van der Waals surface area contributed by atoms with E-state index >= 15 is 0 Å². The third-order valence-electron chi connectivity index (χ3n) is 2.98. The molecule has 7 heteroatoms. The first-order valence-electron chi connectivity index (χ1n) is 6.61. The van der Waals surface area contributed by atoms with E-state index in [9.17, 15) is 14.7 Å². The van der Waals surface area contributed by atoms with Gasteiger partial charge in [-0.05, 0) is 13.3 Å². The smallest absolute Gasteiger partial charge is 0.339 e. The predicted octanol–water partition coefficient (Wildman–Crippen LogP) is 1.98. The van der Waals surface area contributed by atoms with Crippen LogP contribution in [0, 0.1) is 6.92 Å². The molecule has 0 aliphatic carbocycles. The van der Waals surface area contributed by atoms with Crippen LogP contribution < -0.4 is 10.4 Å². The molecule has 0 aliphatic rings. The highest BCUT2D eigenvalue weighted by molar-refractivity contribution is 7.99. The summed E-state index contributed by atoms with van der Waals surface area (Å²) in [6.07, 6.45) is 0.196. The molecular formula is C14H20O6S. The van der Waals surface area contributed by atoms with Crippen LogP contribution >= 0.6 is 11.8 Å². The second-order valence-corrected chi connectivity index (χ2v) is 5.80. The molecule has 1 aromatic heterocycles. The van der Waals surface area contributed by atoms with Crippen molar-refractivity contribution in [1.82, 2.24) is 0 Å². The highest BCUT2D eigenvalue weighted by Gasteiger charge is 2.23. The minimum Gasteiger partial charge on any atom is -0.496 e. The number of rotatable bonds is 8. The van der Waals surface area contributed by atoms with E-state index in [0.29, 0.717) is 11.5 Å². The number of aliphatic hydroxyl groups excluding tert-OH is 1. The van der Waals surface area contributed by atoms with Crippen molar-refractivity contribution in [2.45, 2.75) is 38.0 Å². The molecule has 2 unspecified atom stereocenters. The molecule has 0 amide bonds. The molecule has 0 spiro atoms. The van der Waals surface area contributed by atoms with Crippen molar-refractivity contribution >= 4 is 17.7 Å². The molecule has 118 valence electrons. The Morgan fingerprint density at radius 1 is 1.52 bits per heavy atom. The van der Waals surface area contributed by atoms with Gasteiger partial charge in [0.15, 0.2) is 6.10 Å². The quantitative estimate of drug-likeness (QED) is 0.756. The topological polar surface area (TPSA) is 97.0 Å². The molecule has 0 saturated carbocycles. The monoisotopic (exact) mass is 316 g/mol. The minimum absolute atomic E-state index is 0.0573. The molecule has 0 aromatic carbocycles. The average molecular weight is 316 g/mol. The van der Waals surface area contributed by atoms with Gasteiger partial charge in [0.2, 0.25) is 0 Å². The Bertz CT molecular complexity index is 539. The molecule has 2 N–H and O–H groups in total. The van der Waals surface area contributed by atoms with Gasteiger partial charge in [0.1, 0.15) is 11.5 Å². The standard InChI is InChI=1S/C14H20O6S/c1-4-5-11(21-7-9(15)14(17)18)13-8(2)20-12(16)6-10(13)19-3/h6,9,11,15H,4-5,7H2,1-3H3,(H,17,18). The van der Waals surface area contributed by atoms with Gasteiger partial charge in [-0.1, -0.05) is 13.3 Å². The summed E-state index contributed by atoms with van der Waals surface area (Å²) in [5.74, 6) is -0.308. The highest BCUT2D eigenvalue weighted by atomic mass is 32.2. The number of thioether (sulfide) groups is 1. The van der Waals surface area contributed by atoms with Gasteiger partial charge in [0.25, 0.3) is 0 Å². The average Bonchev–Trinajstić information content (AvgIpc) is 2.42. The Balaban J connectivity index is 3.05. The Labute approximate surface area is 127 Å². The lowest BCUT2D eigenvalue weighted by atomic mass is 10.1. The zero-order valence-corrected chi connectivity index (χ0v) is 13.1. The molecule has 0 aliphatic heterocycles. The Morgan fingerprint density at radius 2 is 2.19 bits per heavy atom. The lowest BCUT2D eigenvalue weighted by molar-refractivity contribution is -0.145. The largest absolute Gasteiger partial charge is 0.496 e. The predicted molar refractivity (Wildman–Crippen MR) is 80.0 cm³/mol. The van der Waals surface area contributed by atoms with Crippen LogP contribution in [0.4, 0.5) is 0 Å². The van der Waals surface area contributed by atoms with E-state index in [1.54, 1.807) is 6.92 Å². The maximum Gasteiger partial charge on any atom is 0.339 e. The van der Waals surface area contributed by atoms with Gasteiger partial charge in [0.05, 0.1) is 13.2 Å². The van der Waals surface area contributed by atoms with Crippen molar-refractivity contribution in [3.63, 3.8) is 0 Å². The van der Waals surface area contributed by atoms with Crippen molar-refractivity contribution in [1.29, 1.82) is 0 Å². The van der Waals surface area contributed by atoms with E-state index in [2.05, 4.69) is 0 Å². The molecule has 21 heavy (non-hydrogen) atoms. The number of hydrogen-bond acceptors (Lipinski definition) is 6. The number of methoxy groups -OCH3 is 1. The molecule has 1 heterocycles. The van der Waals surface area contributed by atoms with E-state index in [-0.39, 0.29) is 11.0 Å². The Kier molecular flexibility index (Phi) is 6.77. The van der Waals surface area contributed by atoms with Gasteiger partial charge < -0.3 is 19.4 Å². The van der Waals surface area contributed by atoms with E-state index < -0.39 is 17.7 Å². The first kappa shape index (κ1) is 17.6. The van der Waals surface area contributed by atoms with E-state index in [0.717, 1.165) is 18.4 Å². The molecule has 2 atom stereocenters. The van der Waals surface area contributed by atoms with Crippen molar-refractivity contribution in [2.75, 3.05) is 12.9 Å². The third kappa shape index (κ3) is 4.78. The molecular weight excluding hydrogens is 296 g/mol. The lowest BCUT2D eigenvalue weighted by Crippen LogP contribution is -2.22. The third-order valence-corrected chi connectivity index (χ3v) is 4.36. The Hall–Kier alpha value is -1.47. The van der Waals surface area contributed by atoms with E-state index in [1.165, 1.54) is 24.9 Å². The summed E-state index contributed by atoms with van der Waals surface area (Å²) in [5.41, 5.74) is 0.250. The van der Waals surface area contributed by atoms with E-state index in [1.807, 2.05) is 6.92 Å². The lowest BCUT2D eigenvalue weighted by Gasteiger charge is -2.20. The number of carboxylic acid groups (broad SMARTS) is 1. The Morgan fingerprint density at radius 3 is 2.71 bits per heavy atom. The second kappa shape index (κ2) is 8.09. The maximum absolute atomic E-state index is 11.4. The molecule has 0 saturated heterocycles. The summed E-state index contributed by atoms with van der Waals surface area (Å²) in [4.78, 5) is 22.1. The summed E-state index contributed by atoms with van der Waals surface area (Å²) in [7, 11) is 1.47. The minimum atomic E-state index is -1.42. The molecule has 0 radical (unpaired) electrons. The van der Waals surface area contributed by atoms with Crippen molar-refractivity contribution in [3.8, 4) is 5.75 Å². The molecule has 6 nitrogen and oxygen atoms in total. The highest BCUT2D eigenvalue weighted by Crippen LogP contribution is 2.39. The van der Waals surface area contributed by atoms with Crippen molar-refractivity contribution in [2.24, 2.45) is 0 Å².